The fourth-order valence-corrected chi connectivity index (χ4v) is 5.81. The van der Waals surface area contributed by atoms with Gasteiger partial charge in [-0.05, 0) is 47.4 Å². The Labute approximate surface area is 228 Å². The molecule has 0 spiro atoms. The zero-order valence-corrected chi connectivity index (χ0v) is 22.6. The van der Waals surface area contributed by atoms with Gasteiger partial charge in [-0.25, -0.2) is 4.98 Å². The summed E-state index contributed by atoms with van der Waals surface area (Å²) in [5.74, 6) is -1.55. The number of nitrogens with zero attached hydrogens (tertiary/aromatic N) is 3. The largest absolute Gasteiger partial charge is 0.503 e. The van der Waals surface area contributed by atoms with Gasteiger partial charge in [0, 0.05) is 11.6 Å². The second-order valence-electron chi connectivity index (χ2n) is 10.3. The van der Waals surface area contributed by atoms with Crippen molar-refractivity contribution in [1.82, 2.24) is 9.97 Å². The first kappa shape index (κ1) is 24.8. The molecule has 9 heteroatoms. The number of hydrogen-bond acceptors (Lipinski definition) is 8. The predicted molar refractivity (Wildman–Crippen MR) is 150 cm³/mol. The van der Waals surface area contributed by atoms with Crippen molar-refractivity contribution in [3.05, 3.63) is 95.2 Å². The molecule has 1 aliphatic heterocycles. The Morgan fingerprint density at radius 2 is 1.92 bits per heavy atom. The zero-order valence-electron chi connectivity index (χ0n) is 21.8. The molecule has 5 aromatic rings. The third kappa shape index (κ3) is 4.06. The number of amides is 1. The van der Waals surface area contributed by atoms with Crippen LogP contribution in [0.2, 0.25) is 0 Å². The van der Waals surface area contributed by atoms with Crippen LogP contribution in [0, 0.1) is 0 Å². The second kappa shape index (κ2) is 9.06. The van der Waals surface area contributed by atoms with Gasteiger partial charge in [0.2, 0.25) is 5.78 Å². The minimum atomic E-state index is -0.996. The summed E-state index contributed by atoms with van der Waals surface area (Å²) in [6.07, 6.45) is 1.58. The van der Waals surface area contributed by atoms with E-state index in [2.05, 4.69) is 31.8 Å². The summed E-state index contributed by atoms with van der Waals surface area (Å²) in [6.45, 7) is 6.39. The van der Waals surface area contributed by atoms with E-state index in [4.69, 9.17) is 14.1 Å². The highest BCUT2D eigenvalue weighted by Crippen LogP contribution is 2.44. The molecule has 0 aliphatic carbocycles. The number of rotatable bonds is 5. The third-order valence-corrected chi connectivity index (χ3v) is 7.84. The van der Waals surface area contributed by atoms with Crippen LogP contribution < -0.4 is 9.64 Å². The summed E-state index contributed by atoms with van der Waals surface area (Å²) in [4.78, 5) is 37.9. The number of aliphatic hydroxyl groups excluding tert-OH is 1. The number of ketones is 1. The SMILES string of the molecule is COc1cccc2cc(C(=O)C3=C(O)C(=O)N(c4nc5ccc(C(C)(C)C)cc5s4)C3c3ccccn3)oc12. The van der Waals surface area contributed by atoms with Gasteiger partial charge in [0.15, 0.2) is 28.0 Å². The maximum absolute atomic E-state index is 13.9. The smallest absolute Gasteiger partial charge is 0.296 e. The Kier molecular flexibility index (Phi) is 5.76. The Morgan fingerprint density at radius 1 is 1.10 bits per heavy atom. The minimum absolute atomic E-state index is 0.0225. The molecule has 4 heterocycles. The van der Waals surface area contributed by atoms with Crippen LogP contribution in [-0.4, -0.2) is 33.9 Å². The van der Waals surface area contributed by atoms with E-state index in [0.717, 1.165) is 15.8 Å². The number of methoxy groups -OCH3 is 1. The molecule has 1 atom stereocenters. The van der Waals surface area contributed by atoms with E-state index in [9.17, 15) is 14.7 Å². The quantitative estimate of drug-likeness (QED) is 0.253. The summed E-state index contributed by atoms with van der Waals surface area (Å²) in [6, 6.07) is 17.1. The van der Waals surface area contributed by atoms with Gasteiger partial charge >= 0.3 is 0 Å². The number of aromatic nitrogens is 2. The maximum atomic E-state index is 13.9. The number of Topliss-reactive ketones (excluding diaryl/α,β-unsaturated/α-hetero) is 1. The van der Waals surface area contributed by atoms with Crippen LogP contribution in [0.15, 0.2) is 82.6 Å². The molecule has 39 heavy (non-hydrogen) atoms. The monoisotopic (exact) mass is 539 g/mol. The fourth-order valence-electron chi connectivity index (χ4n) is 4.78. The number of aliphatic hydroxyl groups is 1. The number of anilines is 1. The number of fused-ring (bicyclic) bond motifs is 2. The van der Waals surface area contributed by atoms with Crippen molar-refractivity contribution < 1.29 is 23.8 Å². The predicted octanol–water partition coefficient (Wildman–Crippen LogP) is 6.53. The van der Waals surface area contributed by atoms with Gasteiger partial charge in [0.05, 0.1) is 28.6 Å². The Bertz CT molecular complexity index is 1800. The molecule has 6 rings (SSSR count). The van der Waals surface area contributed by atoms with E-state index in [1.807, 2.05) is 12.1 Å². The van der Waals surface area contributed by atoms with Crippen LogP contribution in [0.1, 0.15) is 48.6 Å². The summed E-state index contributed by atoms with van der Waals surface area (Å²) < 4.78 is 12.1. The minimum Gasteiger partial charge on any atom is -0.503 e. The molecule has 0 saturated carbocycles. The molecule has 2 aromatic carbocycles. The lowest BCUT2D eigenvalue weighted by atomic mass is 9.87. The van der Waals surface area contributed by atoms with Gasteiger partial charge in [-0.15, -0.1) is 0 Å². The molecule has 1 amide bonds. The lowest BCUT2D eigenvalue weighted by molar-refractivity contribution is -0.117. The first-order valence-corrected chi connectivity index (χ1v) is 13.2. The zero-order chi connectivity index (χ0) is 27.5. The molecule has 1 aliphatic rings. The summed E-state index contributed by atoms with van der Waals surface area (Å²) in [5.41, 5.74) is 2.50. The van der Waals surface area contributed by atoms with Gasteiger partial charge in [0.25, 0.3) is 5.91 Å². The fraction of sp³-hybridized carbons (Fsp3) is 0.200. The van der Waals surface area contributed by atoms with Gasteiger partial charge in [-0.2, -0.15) is 0 Å². The van der Waals surface area contributed by atoms with E-state index in [1.165, 1.54) is 23.3 Å². The molecule has 8 nitrogen and oxygen atoms in total. The van der Waals surface area contributed by atoms with Crippen molar-refractivity contribution >= 4 is 49.3 Å². The highest BCUT2D eigenvalue weighted by molar-refractivity contribution is 7.22. The van der Waals surface area contributed by atoms with E-state index in [1.54, 1.807) is 48.7 Å². The molecular weight excluding hydrogens is 514 g/mol. The normalized spacial score (nSPS) is 16.1. The van der Waals surface area contributed by atoms with Crippen LogP contribution in [-0.2, 0) is 10.2 Å². The van der Waals surface area contributed by atoms with Crippen molar-refractivity contribution in [2.75, 3.05) is 12.0 Å². The molecule has 0 fully saturated rings. The first-order valence-electron chi connectivity index (χ1n) is 12.4. The second-order valence-corrected chi connectivity index (χ2v) is 11.4. The standard InChI is InChI=1S/C30H25N3O5S/c1-30(2,3)17-11-12-18-22(15-17)39-29(32-18)33-24(19-9-5-6-13-31-19)23(26(35)28(33)36)25(34)21-14-16-8-7-10-20(37-4)27(16)38-21/h5-15,24,35H,1-4H3. The molecule has 196 valence electrons. The molecule has 0 saturated heterocycles. The van der Waals surface area contributed by atoms with E-state index < -0.39 is 23.5 Å². The summed E-state index contributed by atoms with van der Waals surface area (Å²) in [7, 11) is 1.51. The Morgan fingerprint density at radius 3 is 2.64 bits per heavy atom. The average Bonchev–Trinajstić information content (AvgIpc) is 3.62. The number of hydrogen-bond donors (Lipinski definition) is 1. The van der Waals surface area contributed by atoms with E-state index in [0.29, 0.717) is 27.5 Å². The average molecular weight is 540 g/mol. The lowest BCUT2D eigenvalue weighted by Crippen LogP contribution is -2.31. The van der Waals surface area contributed by atoms with Crippen molar-refractivity contribution in [3.8, 4) is 5.75 Å². The molecular formula is C30H25N3O5S. The number of para-hydroxylation sites is 1. The van der Waals surface area contributed by atoms with Crippen molar-refractivity contribution in [1.29, 1.82) is 0 Å². The van der Waals surface area contributed by atoms with Gasteiger partial charge in [-0.3, -0.25) is 19.5 Å². The third-order valence-electron chi connectivity index (χ3n) is 6.82. The highest BCUT2D eigenvalue weighted by Gasteiger charge is 2.47. The van der Waals surface area contributed by atoms with Crippen LogP contribution in [0.25, 0.3) is 21.2 Å². The Hall–Kier alpha value is -4.50. The lowest BCUT2D eigenvalue weighted by Gasteiger charge is -2.23. The first-order chi connectivity index (χ1) is 18.7. The highest BCUT2D eigenvalue weighted by atomic mass is 32.1. The van der Waals surface area contributed by atoms with Crippen molar-refractivity contribution in [2.45, 2.75) is 32.2 Å². The number of benzene rings is 2. The van der Waals surface area contributed by atoms with Gasteiger partial charge in [-0.1, -0.05) is 56.4 Å². The number of thiazole rings is 1. The van der Waals surface area contributed by atoms with Crippen LogP contribution in [0.4, 0.5) is 5.13 Å². The summed E-state index contributed by atoms with van der Waals surface area (Å²) in [5, 5.41) is 12.1. The number of carbonyl (C=O) groups excluding carboxylic acids is 2. The number of ether oxygens (including phenoxy) is 1. The number of pyridine rings is 1. The number of carbonyl (C=O) groups is 2. The molecule has 3 aromatic heterocycles. The number of furan rings is 1. The Balaban J connectivity index is 1.48. The van der Waals surface area contributed by atoms with Crippen LogP contribution in [0.5, 0.6) is 5.75 Å². The molecule has 1 unspecified atom stereocenters. The van der Waals surface area contributed by atoms with Crippen LogP contribution >= 0.6 is 11.3 Å². The summed E-state index contributed by atoms with van der Waals surface area (Å²) >= 11 is 1.32. The molecule has 0 radical (unpaired) electrons. The maximum Gasteiger partial charge on any atom is 0.296 e. The molecule has 1 N–H and O–H groups in total. The van der Waals surface area contributed by atoms with E-state index in [-0.39, 0.29) is 16.7 Å². The van der Waals surface area contributed by atoms with Crippen LogP contribution in [0.3, 0.4) is 0 Å². The molecule has 0 bridgehead atoms. The van der Waals surface area contributed by atoms with Gasteiger partial charge in [0.1, 0.15) is 6.04 Å². The van der Waals surface area contributed by atoms with Crippen molar-refractivity contribution in [3.63, 3.8) is 0 Å². The van der Waals surface area contributed by atoms with Crippen molar-refractivity contribution in [2.24, 2.45) is 0 Å². The van der Waals surface area contributed by atoms with Gasteiger partial charge < -0.3 is 14.3 Å². The van der Waals surface area contributed by atoms with E-state index >= 15 is 0 Å². The topological polar surface area (TPSA) is 106 Å².